The van der Waals surface area contributed by atoms with Crippen LogP contribution in [0.4, 0.5) is 30.2 Å². The summed E-state index contributed by atoms with van der Waals surface area (Å²) in [5, 5.41) is 2.35. The molecule has 0 fully saturated rings. The molecule has 1 unspecified atom stereocenters. The number of amides is 2. The molecule has 0 spiro atoms. The lowest BCUT2D eigenvalue weighted by molar-refractivity contribution is -0.274. The van der Waals surface area contributed by atoms with Gasteiger partial charge in [0.05, 0.1) is 17.1 Å². The van der Waals surface area contributed by atoms with Crippen LogP contribution in [0.25, 0.3) is 0 Å². The summed E-state index contributed by atoms with van der Waals surface area (Å²) in [6, 6.07) is 12.0. The van der Waals surface area contributed by atoms with Crippen LogP contribution >= 0.6 is 0 Å². The van der Waals surface area contributed by atoms with Gasteiger partial charge in [-0.25, -0.2) is 0 Å². The Balaban J connectivity index is 1.91. The number of halogens is 3. The number of aliphatic imine (C=N–C) groups is 1. The van der Waals surface area contributed by atoms with E-state index < -0.39 is 29.8 Å². The summed E-state index contributed by atoms with van der Waals surface area (Å²) < 4.78 is 41.7. The number of para-hydroxylation sites is 4. The summed E-state index contributed by atoms with van der Waals surface area (Å²) in [4.78, 5) is 31.3. The third-order valence-electron chi connectivity index (χ3n) is 4.17. The van der Waals surface area contributed by atoms with Gasteiger partial charge in [-0.15, -0.1) is 13.2 Å². The number of nitrogens with zero attached hydrogens (tertiary/aromatic N) is 2. The number of rotatable bonds is 3. The lowest BCUT2D eigenvalue weighted by atomic mass is 10.0. The molecule has 1 aliphatic rings. The summed E-state index contributed by atoms with van der Waals surface area (Å²) in [5.74, 6) is -3.21. The summed E-state index contributed by atoms with van der Waals surface area (Å²) in [5.41, 5.74) is 1.08. The maximum atomic E-state index is 12.8. The molecule has 1 heterocycles. The average molecular weight is 391 g/mol. The maximum Gasteiger partial charge on any atom is 0.573 e. The fourth-order valence-electron chi connectivity index (χ4n) is 2.88. The zero-order valence-electron chi connectivity index (χ0n) is 14.9. The van der Waals surface area contributed by atoms with Crippen molar-refractivity contribution >= 4 is 34.6 Å². The summed E-state index contributed by atoms with van der Waals surface area (Å²) in [6.07, 6.45) is -4.92. The lowest BCUT2D eigenvalue weighted by Gasteiger charge is -2.21. The number of benzene rings is 2. The molecule has 0 saturated carbocycles. The third kappa shape index (κ3) is 3.98. The van der Waals surface area contributed by atoms with Crippen LogP contribution in [0.5, 0.6) is 5.75 Å². The van der Waals surface area contributed by atoms with E-state index in [9.17, 15) is 22.8 Å². The van der Waals surface area contributed by atoms with Gasteiger partial charge in [0.15, 0.2) is 11.7 Å². The van der Waals surface area contributed by atoms with Crippen molar-refractivity contribution < 1.29 is 27.5 Å². The zero-order valence-corrected chi connectivity index (χ0v) is 14.9. The highest BCUT2D eigenvalue weighted by Gasteiger charge is 2.37. The highest BCUT2D eigenvalue weighted by Crippen LogP contribution is 2.34. The van der Waals surface area contributed by atoms with E-state index in [1.165, 1.54) is 37.1 Å². The van der Waals surface area contributed by atoms with Crippen LogP contribution in [-0.2, 0) is 9.59 Å². The van der Waals surface area contributed by atoms with Gasteiger partial charge in [-0.3, -0.25) is 14.6 Å². The molecule has 0 aliphatic carbocycles. The predicted octanol–water partition coefficient (Wildman–Crippen LogP) is 3.91. The first-order valence-corrected chi connectivity index (χ1v) is 8.25. The fraction of sp³-hybridized carbons (Fsp3) is 0.211. The van der Waals surface area contributed by atoms with Crippen LogP contribution in [-0.4, -0.2) is 30.9 Å². The van der Waals surface area contributed by atoms with Crippen molar-refractivity contribution in [3.8, 4) is 5.75 Å². The van der Waals surface area contributed by atoms with Crippen LogP contribution in [0, 0.1) is 5.92 Å². The van der Waals surface area contributed by atoms with E-state index in [0.29, 0.717) is 11.4 Å². The highest BCUT2D eigenvalue weighted by molar-refractivity contribution is 6.27. The molecule has 3 rings (SSSR count). The van der Waals surface area contributed by atoms with Gasteiger partial charge in [-0.05, 0) is 31.2 Å². The van der Waals surface area contributed by atoms with Crippen LogP contribution in [0.2, 0.25) is 0 Å². The number of carbonyl (C=O) groups excluding carboxylic acids is 2. The number of ether oxygens (including phenoxy) is 1. The van der Waals surface area contributed by atoms with E-state index in [1.807, 2.05) is 0 Å². The first-order valence-electron chi connectivity index (χ1n) is 8.25. The number of nitrogens with one attached hydrogen (secondary N) is 1. The molecule has 146 valence electrons. The Bertz CT molecular complexity index is 957. The lowest BCUT2D eigenvalue weighted by Crippen LogP contribution is -2.42. The van der Waals surface area contributed by atoms with Crippen LogP contribution in [0.3, 0.4) is 0 Å². The van der Waals surface area contributed by atoms with Gasteiger partial charge in [0, 0.05) is 12.8 Å². The molecule has 2 amide bonds. The summed E-state index contributed by atoms with van der Waals surface area (Å²) >= 11 is 0. The van der Waals surface area contributed by atoms with Gasteiger partial charge in [0.1, 0.15) is 0 Å². The number of fused-ring (bicyclic) bond motifs is 1. The van der Waals surface area contributed by atoms with Crippen LogP contribution in [0.1, 0.15) is 6.92 Å². The Kier molecular flexibility index (Phi) is 5.08. The second-order valence-electron chi connectivity index (χ2n) is 6.11. The molecule has 28 heavy (non-hydrogen) atoms. The Morgan fingerprint density at radius 1 is 1.14 bits per heavy atom. The van der Waals surface area contributed by atoms with Gasteiger partial charge in [-0.1, -0.05) is 24.3 Å². The average Bonchev–Trinajstić information content (AvgIpc) is 2.70. The summed E-state index contributed by atoms with van der Waals surface area (Å²) in [7, 11) is 1.51. The molecule has 6 nitrogen and oxygen atoms in total. The quantitative estimate of drug-likeness (QED) is 0.807. The van der Waals surface area contributed by atoms with Crippen molar-refractivity contribution in [3.05, 3.63) is 48.5 Å². The highest BCUT2D eigenvalue weighted by atomic mass is 19.4. The Morgan fingerprint density at radius 3 is 2.50 bits per heavy atom. The van der Waals surface area contributed by atoms with E-state index in [1.54, 1.807) is 24.3 Å². The predicted molar refractivity (Wildman–Crippen MR) is 97.9 cm³/mol. The van der Waals surface area contributed by atoms with Crippen molar-refractivity contribution in [3.63, 3.8) is 0 Å². The minimum atomic E-state index is -4.92. The first-order chi connectivity index (χ1) is 13.2. The molecule has 1 aliphatic heterocycles. The Morgan fingerprint density at radius 2 is 1.79 bits per heavy atom. The molecule has 2 aromatic carbocycles. The number of hydrogen-bond acceptors (Lipinski definition) is 4. The SMILES string of the molecule is CC1=Nc2ccccc2N(C)C(=O)C1C(=O)Nc1ccccc1OC(F)(F)F. The molecule has 9 heteroatoms. The molecule has 0 saturated heterocycles. The van der Waals surface area contributed by atoms with Gasteiger partial charge in [-0.2, -0.15) is 0 Å². The van der Waals surface area contributed by atoms with Crippen molar-refractivity contribution in [2.75, 3.05) is 17.3 Å². The monoisotopic (exact) mass is 391 g/mol. The molecular formula is C19H16F3N3O3. The van der Waals surface area contributed by atoms with Gasteiger partial charge in [0.2, 0.25) is 11.8 Å². The number of anilines is 2. The molecule has 1 N–H and O–H groups in total. The fourth-order valence-corrected chi connectivity index (χ4v) is 2.88. The molecule has 0 radical (unpaired) electrons. The molecular weight excluding hydrogens is 375 g/mol. The second kappa shape index (κ2) is 7.34. The van der Waals surface area contributed by atoms with E-state index in [4.69, 9.17) is 0 Å². The van der Waals surface area contributed by atoms with E-state index >= 15 is 0 Å². The number of carbonyl (C=O) groups is 2. The van der Waals surface area contributed by atoms with Crippen molar-refractivity contribution in [2.24, 2.45) is 10.9 Å². The minimum Gasteiger partial charge on any atom is -0.404 e. The standard InChI is InChI=1S/C19H16F3N3O3/c1-11-16(18(27)25(2)14-9-5-3-7-12(14)23-11)17(26)24-13-8-4-6-10-15(13)28-19(20,21)22/h3-10,16H,1-2H3,(H,24,26). The van der Waals surface area contributed by atoms with Gasteiger partial charge >= 0.3 is 6.36 Å². The molecule has 0 aromatic heterocycles. The van der Waals surface area contributed by atoms with E-state index in [2.05, 4.69) is 15.0 Å². The topological polar surface area (TPSA) is 71.0 Å². The third-order valence-corrected chi connectivity index (χ3v) is 4.17. The normalized spacial score (nSPS) is 16.8. The Hall–Kier alpha value is -3.36. The first kappa shape index (κ1) is 19.4. The smallest absolute Gasteiger partial charge is 0.404 e. The van der Waals surface area contributed by atoms with Crippen LogP contribution < -0.4 is 15.0 Å². The van der Waals surface area contributed by atoms with Crippen molar-refractivity contribution in [1.82, 2.24) is 0 Å². The second-order valence-corrected chi connectivity index (χ2v) is 6.11. The number of hydrogen-bond donors (Lipinski definition) is 1. The molecule has 0 bridgehead atoms. The van der Waals surface area contributed by atoms with Gasteiger partial charge < -0.3 is 15.0 Å². The largest absolute Gasteiger partial charge is 0.573 e. The molecule has 2 aromatic rings. The van der Waals surface area contributed by atoms with Crippen molar-refractivity contribution in [1.29, 1.82) is 0 Å². The number of alkyl halides is 3. The minimum absolute atomic E-state index is 0.199. The zero-order chi connectivity index (χ0) is 20.5. The van der Waals surface area contributed by atoms with Gasteiger partial charge in [0.25, 0.3) is 0 Å². The van der Waals surface area contributed by atoms with E-state index in [0.717, 1.165) is 6.07 Å². The van der Waals surface area contributed by atoms with Crippen LogP contribution in [0.15, 0.2) is 53.5 Å². The van der Waals surface area contributed by atoms with Crippen molar-refractivity contribution in [2.45, 2.75) is 13.3 Å². The van der Waals surface area contributed by atoms with E-state index in [-0.39, 0.29) is 11.4 Å². The summed E-state index contributed by atoms with van der Waals surface area (Å²) in [6.45, 7) is 1.52. The Labute approximate surface area is 158 Å². The maximum absolute atomic E-state index is 12.8. The molecule has 1 atom stereocenters.